The molecule has 3 fully saturated rings. The van der Waals surface area contributed by atoms with E-state index in [1.807, 2.05) is 0 Å². The van der Waals surface area contributed by atoms with Crippen molar-refractivity contribution in [1.29, 1.82) is 0 Å². The van der Waals surface area contributed by atoms with Crippen LogP contribution in [0.4, 0.5) is 0 Å². The topological polar surface area (TPSA) is 0 Å². The van der Waals surface area contributed by atoms with Gasteiger partial charge in [-0.15, -0.1) is 0 Å². The van der Waals surface area contributed by atoms with E-state index in [9.17, 15) is 0 Å². The zero-order valence-corrected chi connectivity index (χ0v) is 7.76. The Bertz CT molecular complexity index is 201. The highest BCUT2D eigenvalue weighted by Gasteiger charge is 2.56. The van der Waals surface area contributed by atoms with Gasteiger partial charge in [0.05, 0.1) is 7.85 Å². The molecule has 0 aromatic heterocycles. The fourth-order valence-electron chi connectivity index (χ4n) is 4.20. The van der Waals surface area contributed by atoms with Gasteiger partial charge in [-0.25, -0.2) is 0 Å². The molecule has 3 aliphatic rings. The molecule has 0 aromatic rings. The van der Waals surface area contributed by atoms with E-state index in [2.05, 4.69) is 0 Å². The maximum absolute atomic E-state index is 6.02. The van der Waals surface area contributed by atoms with E-state index in [-0.39, 0.29) is 0 Å². The molecular weight excluding hydrogens is 143 g/mol. The van der Waals surface area contributed by atoms with Gasteiger partial charge in [-0.3, -0.25) is 0 Å². The van der Waals surface area contributed by atoms with Crippen molar-refractivity contribution >= 4 is 7.85 Å². The summed E-state index contributed by atoms with van der Waals surface area (Å²) in [7, 11) is 6.02. The van der Waals surface area contributed by atoms with Crippen molar-refractivity contribution < 1.29 is 0 Å². The lowest BCUT2D eigenvalue weighted by atomic mass is 9.50. The van der Waals surface area contributed by atoms with E-state index in [1.165, 1.54) is 44.9 Å². The summed E-state index contributed by atoms with van der Waals surface area (Å²) >= 11 is 0. The lowest BCUT2D eigenvalue weighted by Gasteiger charge is -2.53. The summed E-state index contributed by atoms with van der Waals surface area (Å²) in [5.74, 6) is 2.69. The first kappa shape index (κ1) is 7.47. The van der Waals surface area contributed by atoms with Crippen molar-refractivity contribution in [3.05, 3.63) is 0 Å². The van der Waals surface area contributed by atoms with Crippen LogP contribution in [0, 0.1) is 17.3 Å². The van der Waals surface area contributed by atoms with E-state index in [0.717, 1.165) is 17.3 Å². The van der Waals surface area contributed by atoms with Crippen molar-refractivity contribution in [3.8, 4) is 0 Å². The molecule has 0 amide bonds. The Morgan fingerprint density at radius 1 is 0.917 bits per heavy atom. The highest BCUT2D eigenvalue weighted by molar-refractivity contribution is 6.11. The van der Waals surface area contributed by atoms with Gasteiger partial charge in [0.2, 0.25) is 0 Å². The van der Waals surface area contributed by atoms with E-state index >= 15 is 0 Å². The van der Waals surface area contributed by atoms with Crippen molar-refractivity contribution in [2.75, 3.05) is 0 Å². The van der Waals surface area contributed by atoms with E-state index in [1.54, 1.807) is 0 Å². The van der Waals surface area contributed by atoms with Gasteiger partial charge in [0, 0.05) is 0 Å². The van der Waals surface area contributed by atoms with Crippen molar-refractivity contribution in [3.63, 3.8) is 0 Å². The summed E-state index contributed by atoms with van der Waals surface area (Å²) < 4.78 is 0. The molecule has 3 rings (SSSR count). The summed E-state index contributed by atoms with van der Waals surface area (Å²) in [5.41, 5.74) is 0.829. The molecule has 0 saturated heterocycles. The van der Waals surface area contributed by atoms with E-state index < -0.39 is 0 Å². The van der Waals surface area contributed by atoms with Crippen LogP contribution in [-0.4, -0.2) is 7.85 Å². The minimum atomic E-state index is 0.542. The highest BCUT2D eigenvalue weighted by Crippen LogP contribution is 2.67. The molecule has 0 aromatic carbocycles. The molecule has 12 heavy (non-hydrogen) atoms. The van der Waals surface area contributed by atoms with Gasteiger partial charge >= 0.3 is 0 Å². The third kappa shape index (κ3) is 0.756. The molecule has 0 bridgehead atoms. The fourth-order valence-corrected chi connectivity index (χ4v) is 4.20. The third-order valence-electron chi connectivity index (χ3n) is 5.02. The lowest BCUT2D eigenvalue weighted by Crippen LogP contribution is -2.43. The molecule has 0 nitrogen and oxygen atoms in total. The summed E-state index contributed by atoms with van der Waals surface area (Å²) in [4.78, 5) is 0. The molecule has 1 heteroatoms. The zero-order chi connectivity index (χ0) is 8.18. The van der Waals surface area contributed by atoms with Crippen LogP contribution in [0.25, 0.3) is 0 Å². The van der Waals surface area contributed by atoms with Crippen LogP contribution in [0.15, 0.2) is 0 Å². The quantitative estimate of drug-likeness (QED) is 0.478. The molecule has 1 spiro atoms. The largest absolute Gasteiger partial charge is 0.0771 e. The second-order valence-electron chi connectivity index (χ2n) is 5.28. The predicted octanol–water partition coefficient (Wildman–Crippen LogP) is 2.93. The van der Waals surface area contributed by atoms with Crippen LogP contribution < -0.4 is 0 Å². The van der Waals surface area contributed by atoms with Crippen molar-refractivity contribution in [1.82, 2.24) is 0 Å². The second kappa shape index (κ2) is 2.30. The highest BCUT2D eigenvalue weighted by atomic mass is 14.6. The molecule has 4 unspecified atom stereocenters. The fraction of sp³-hybridized carbons (Fsp3) is 1.00. The van der Waals surface area contributed by atoms with Crippen LogP contribution in [0.2, 0.25) is 5.82 Å². The first-order valence-electron chi connectivity index (χ1n) is 5.57. The molecule has 4 atom stereocenters. The molecule has 3 aliphatic carbocycles. The Morgan fingerprint density at radius 2 is 1.67 bits per heavy atom. The third-order valence-corrected chi connectivity index (χ3v) is 5.02. The van der Waals surface area contributed by atoms with Gasteiger partial charge in [-0.2, -0.15) is 0 Å². The lowest BCUT2D eigenvalue weighted by molar-refractivity contribution is -0.0145. The zero-order valence-electron chi connectivity index (χ0n) is 7.76. The van der Waals surface area contributed by atoms with Gasteiger partial charge in [0.1, 0.15) is 0 Å². The summed E-state index contributed by atoms with van der Waals surface area (Å²) in [6.07, 6.45) is 10.2. The normalized spacial score (nSPS) is 57.2. The molecule has 0 heterocycles. The summed E-state index contributed by atoms with van der Waals surface area (Å²) in [5, 5.41) is 0. The Hall–Kier alpha value is 0.0649. The first-order valence-corrected chi connectivity index (χ1v) is 5.57. The Kier molecular flexibility index (Phi) is 1.43. The monoisotopic (exact) mass is 160 g/mol. The SMILES string of the molecule is [B]C1CCC23CCC2CCC3C1. The molecular formula is C11H17B. The van der Waals surface area contributed by atoms with E-state index in [0.29, 0.717) is 5.82 Å². The van der Waals surface area contributed by atoms with Gasteiger partial charge in [-0.05, 0) is 49.4 Å². The van der Waals surface area contributed by atoms with Crippen LogP contribution in [-0.2, 0) is 0 Å². The Balaban J connectivity index is 1.84. The number of rotatable bonds is 0. The number of hydrogen-bond donors (Lipinski definition) is 0. The number of hydrogen-bond acceptors (Lipinski definition) is 0. The van der Waals surface area contributed by atoms with Crippen molar-refractivity contribution in [2.45, 2.75) is 50.8 Å². The van der Waals surface area contributed by atoms with E-state index in [4.69, 9.17) is 7.85 Å². The minimum Gasteiger partial charge on any atom is -0.0771 e. The van der Waals surface area contributed by atoms with Crippen molar-refractivity contribution in [2.24, 2.45) is 17.3 Å². The average molecular weight is 160 g/mol. The molecule has 64 valence electrons. The first-order chi connectivity index (χ1) is 5.81. The maximum atomic E-state index is 6.02. The minimum absolute atomic E-state index is 0.542. The van der Waals surface area contributed by atoms with Gasteiger partial charge in [0.25, 0.3) is 0 Å². The van der Waals surface area contributed by atoms with Gasteiger partial charge < -0.3 is 0 Å². The second-order valence-corrected chi connectivity index (χ2v) is 5.28. The van der Waals surface area contributed by atoms with Crippen LogP contribution >= 0.6 is 0 Å². The molecule has 0 aliphatic heterocycles. The Labute approximate surface area is 76.5 Å². The predicted molar refractivity (Wildman–Crippen MR) is 51.2 cm³/mol. The smallest absolute Gasteiger partial charge is 0.0699 e. The maximum Gasteiger partial charge on any atom is 0.0699 e. The standard InChI is InChI=1S/C11H17B/c12-10-4-6-11-5-3-8(11)1-2-9(11)7-10/h8-10H,1-7H2. The Morgan fingerprint density at radius 3 is 2.42 bits per heavy atom. The molecule has 0 N–H and O–H groups in total. The van der Waals surface area contributed by atoms with Crippen LogP contribution in [0.3, 0.4) is 0 Å². The van der Waals surface area contributed by atoms with Crippen LogP contribution in [0.1, 0.15) is 44.9 Å². The summed E-state index contributed by atoms with van der Waals surface area (Å²) in [6.45, 7) is 0. The molecule has 2 radical (unpaired) electrons. The van der Waals surface area contributed by atoms with Gasteiger partial charge in [0.15, 0.2) is 0 Å². The average Bonchev–Trinajstić information content (AvgIpc) is 2.24. The van der Waals surface area contributed by atoms with Gasteiger partial charge in [-0.1, -0.05) is 18.7 Å². The summed E-state index contributed by atoms with van der Waals surface area (Å²) in [6, 6.07) is 0. The molecule has 3 saturated carbocycles. The van der Waals surface area contributed by atoms with Crippen LogP contribution in [0.5, 0.6) is 0 Å².